The fourth-order valence-electron chi connectivity index (χ4n) is 2.93. The van der Waals surface area contributed by atoms with Crippen molar-refractivity contribution in [3.63, 3.8) is 0 Å². The standard InChI is InChI=1S/C19H22FN5O/c1-13(24-10-4-9-22-24)11-19(26)21-12-18-14(2)23-25(15(18)3)17-7-5-16(20)6-8-17/h4-10,13H,11-12H2,1-3H3,(H,21,26)/t13-/m0/s1. The quantitative estimate of drug-likeness (QED) is 0.739. The first-order valence-electron chi connectivity index (χ1n) is 8.52. The molecule has 3 rings (SSSR count). The summed E-state index contributed by atoms with van der Waals surface area (Å²) >= 11 is 0. The Hall–Kier alpha value is -2.96. The van der Waals surface area contributed by atoms with Crippen LogP contribution in [0.1, 0.15) is 36.3 Å². The molecule has 0 saturated heterocycles. The minimum Gasteiger partial charge on any atom is -0.352 e. The van der Waals surface area contributed by atoms with E-state index in [1.165, 1.54) is 12.1 Å². The van der Waals surface area contributed by atoms with Crippen LogP contribution in [-0.2, 0) is 11.3 Å². The number of nitrogens with zero attached hydrogens (tertiary/aromatic N) is 4. The highest BCUT2D eigenvalue weighted by Gasteiger charge is 2.15. The third kappa shape index (κ3) is 3.82. The maximum Gasteiger partial charge on any atom is 0.222 e. The normalized spacial score (nSPS) is 12.2. The van der Waals surface area contributed by atoms with Crippen LogP contribution in [-0.4, -0.2) is 25.5 Å². The topological polar surface area (TPSA) is 64.7 Å². The molecule has 3 aromatic rings. The highest BCUT2D eigenvalue weighted by atomic mass is 19.1. The first kappa shape index (κ1) is 17.8. The molecule has 0 bridgehead atoms. The van der Waals surface area contributed by atoms with Crippen molar-refractivity contribution in [3.05, 3.63) is 65.5 Å². The van der Waals surface area contributed by atoms with E-state index in [0.717, 1.165) is 22.6 Å². The number of amides is 1. The molecule has 0 aliphatic carbocycles. The van der Waals surface area contributed by atoms with Gasteiger partial charge in [-0.3, -0.25) is 9.48 Å². The van der Waals surface area contributed by atoms with Gasteiger partial charge < -0.3 is 5.32 Å². The highest BCUT2D eigenvalue weighted by molar-refractivity contribution is 5.76. The third-order valence-electron chi connectivity index (χ3n) is 4.43. The van der Waals surface area contributed by atoms with E-state index >= 15 is 0 Å². The number of benzene rings is 1. The molecule has 1 atom stereocenters. The Balaban J connectivity index is 1.66. The number of hydrogen-bond acceptors (Lipinski definition) is 3. The summed E-state index contributed by atoms with van der Waals surface area (Å²) in [4.78, 5) is 12.2. The number of rotatable bonds is 6. The molecule has 2 aromatic heterocycles. The van der Waals surface area contributed by atoms with Gasteiger partial charge >= 0.3 is 0 Å². The van der Waals surface area contributed by atoms with Crippen molar-refractivity contribution < 1.29 is 9.18 Å². The Morgan fingerprint density at radius 3 is 2.65 bits per heavy atom. The number of carbonyl (C=O) groups is 1. The summed E-state index contributed by atoms with van der Waals surface area (Å²) in [6.45, 7) is 6.21. The Morgan fingerprint density at radius 1 is 1.27 bits per heavy atom. The summed E-state index contributed by atoms with van der Waals surface area (Å²) in [5.74, 6) is -0.324. The van der Waals surface area contributed by atoms with E-state index in [2.05, 4.69) is 15.5 Å². The molecule has 136 valence electrons. The molecular formula is C19H22FN5O. The van der Waals surface area contributed by atoms with Crippen LogP contribution in [0.5, 0.6) is 0 Å². The van der Waals surface area contributed by atoms with Crippen LogP contribution >= 0.6 is 0 Å². The average molecular weight is 355 g/mol. The number of aryl methyl sites for hydroxylation is 1. The van der Waals surface area contributed by atoms with Crippen molar-refractivity contribution in [2.75, 3.05) is 0 Å². The fraction of sp³-hybridized carbons (Fsp3) is 0.316. The van der Waals surface area contributed by atoms with Crippen LogP contribution in [0.4, 0.5) is 4.39 Å². The Labute approximate surface area is 151 Å². The molecule has 0 saturated carbocycles. The lowest BCUT2D eigenvalue weighted by atomic mass is 10.2. The molecule has 26 heavy (non-hydrogen) atoms. The first-order valence-corrected chi connectivity index (χ1v) is 8.52. The van der Waals surface area contributed by atoms with Gasteiger partial charge in [-0.05, 0) is 51.1 Å². The van der Waals surface area contributed by atoms with Crippen LogP contribution in [0.3, 0.4) is 0 Å². The molecule has 7 heteroatoms. The smallest absolute Gasteiger partial charge is 0.222 e. The minimum atomic E-state index is -0.283. The van der Waals surface area contributed by atoms with Crippen molar-refractivity contribution in [2.45, 2.75) is 39.8 Å². The first-order chi connectivity index (χ1) is 12.5. The SMILES string of the molecule is Cc1nn(-c2ccc(F)cc2)c(C)c1CNC(=O)C[C@H](C)n1cccn1. The Morgan fingerprint density at radius 2 is 2.00 bits per heavy atom. The molecule has 2 heterocycles. The van der Waals surface area contributed by atoms with E-state index in [-0.39, 0.29) is 17.8 Å². The molecule has 0 radical (unpaired) electrons. The predicted molar refractivity (Wildman–Crippen MR) is 96.4 cm³/mol. The molecule has 1 aromatic carbocycles. The van der Waals surface area contributed by atoms with E-state index < -0.39 is 0 Å². The fourth-order valence-corrected chi connectivity index (χ4v) is 2.93. The van der Waals surface area contributed by atoms with Crippen LogP contribution in [0.2, 0.25) is 0 Å². The second kappa shape index (κ2) is 7.51. The second-order valence-corrected chi connectivity index (χ2v) is 6.35. The van der Waals surface area contributed by atoms with E-state index in [1.54, 1.807) is 27.7 Å². The van der Waals surface area contributed by atoms with Gasteiger partial charge in [0.15, 0.2) is 0 Å². The van der Waals surface area contributed by atoms with Gasteiger partial charge in [-0.25, -0.2) is 9.07 Å². The summed E-state index contributed by atoms with van der Waals surface area (Å²) in [5, 5.41) is 11.6. The molecule has 0 aliphatic heterocycles. The van der Waals surface area contributed by atoms with Crippen molar-refractivity contribution in [3.8, 4) is 5.69 Å². The molecule has 0 unspecified atom stereocenters. The largest absolute Gasteiger partial charge is 0.352 e. The monoisotopic (exact) mass is 355 g/mol. The number of carbonyl (C=O) groups excluding carboxylic acids is 1. The molecule has 0 spiro atoms. The second-order valence-electron chi connectivity index (χ2n) is 6.35. The minimum absolute atomic E-state index is 0.00543. The number of hydrogen-bond donors (Lipinski definition) is 1. The van der Waals surface area contributed by atoms with Gasteiger partial charge in [0, 0.05) is 36.6 Å². The zero-order chi connectivity index (χ0) is 18.7. The summed E-state index contributed by atoms with van der Waals surface area (Å²) in [6, 6.07) is 8.01. The summed E-state index contributed by atoms with van der Waals surface area (Å²) in [5.41, 5.74) is 3.52. The highest BCUT2D eigenvalue weighted by Crippen LogP contribution is 2.18. The Bertz CT molecular complexity index is 884. The molecule has 0 aliphatic rings. The van der Waals surface area contributed by atoms with Gasteiger partial charge in [0.1, 0.15) is 5.82 Å². The zero-order valence-electron chi connectivity index (χ0n) is 15.1. The lowest BCUT2D eigenvalue weighted by Crippen LogP contribution is -2.26. The van der Waals surface area contributed by atoms with Crippen molar-refractivity contribution in [1.82, 2.24) is 24.9 Å². The van der Waals surface area contributed by atoms with Crippen molar-refractivity contribution in [1.29, 1.82) is 0 Å². The maximum atomic E-state index is 13.1. The Kier molecular flexibility index (Phi) is 5.16. The van der Waals surface area contributed by atoms with Gasteiger partial charge in [-0.2, -0.15) is 10.2 Å². The molecule has 1 amide bonds. The molecule has 1 N–H and O–H groups in total. The number of halogens is 1. The molecule has 0 fully saturated rings. The van der Waals surface area contributed by atoms with Crippen molar-refractivity contribution >= 4 is 5.91 Å². The van der Waals surface area contributed by atoms with Gasteiger partial charge in [0.25, 0.3) is 0 Å². The lowest BCUT2D eigenvalue weighted by Gasteiger charge is -2.12. The predicted octanol–water partition coefficient (Wildman–Crippen LogP) is 3.09. The van der Waals surface area contributed by atoms with Gasteiger partial charge in [-0.15, -0.1) is 0 Å². The van der Waals surface area contributed by atoms with Gasteiger partial charge in [0.05, 0.1) is 17.4 Å². The zero-order valence-corrected chi connectivity index (χ0v) is 15.1. The summed E-state index contributed by atoms with van der Waals surface area (Å²) < 4.78 is 16.7. The van der Waals surface area contributed by atoms with Crippen LogP contribution in [0.15, 0.2) is 42.7 Å². The van der Waals surface area contributed by atoms with Crippen LogP contribution < -0.4 is 5.32 Å². The van der Waals surface area contributed by atoms with Gasteiger partial charge in [-0.1, -0.05) is 0 Å². The van der Waals surface area contributed by atoms with Crippen molar-refractivity contribution in [2.24, 2.45) is 0 Å². The van der Waals surface area contributed by atoms with Gasteiger partial charge in [0.2, 0.25) is 5.91 Å². The van der Waals surface area contributed by atoms with Crippen LogP contribution in [0, 0.1) is 19.7 Å². The molecular weight excluding hydrogens is 333 g/mol. The summed E-state index contributed by atoms with van der Waals surface area (Å²) in [6.07, 6.45) is 3.90. The van der Waals surface area contributed by atoms with E-state index in [1.807, 2.05) is 33.0 Å². The summed E-state index contributed by atoms with van der Waals surface area (Å²) in [7, 11) is 0. The maximum absolute atomic E-state index is 13.1. The van der Waals surface area contributed by atoms with E-state index in [9.17, 15) is 9.18 Å². The number of nitrogens with one attached hydrogen (secondary N) is 1. The van der Waals surface area contributed by atoms with E-state index in [4.69, 9.17) is 0 Å². The van der Waals surface area contributed by atoms with E-state index in [0.29, 0.717) is 13.0 Å². The number of aromatic nitrogens is 4. The average Bonchev–Trinajstić information content (AvgIpc) is 3.23. The third-order valence-corrected chi connectivity index (χ3v) is 4.43. The van der Waals surface area contributed by atoms with Crippen LogP contribution in [0.25, 0.3) is 5.69 Å². The molecule has 6 nitrogen and oxygen atoms in total. The lowest BCUT2D eigenvalue weighted by molar-refractivity contribution is -0.122.